The molecule has 2 bridgehead atoms. The van der Waals surface area contributed by atoms with Gasteiger partial charge in [0.15, 0.2) is 0 Å². The summed E-state index contributed by atoms with van der Waals surface area (Å²) in [5.74, 6) is 1.45. The molecule has 3 nitrogen and oxygen atoms in total. The van der Waals surface area contributed by atoms with E-state index in [1.165, 1.54) is 11.3 Å². The molecular formula is C18H16ClNO2. The lowest BCUT2D eigenvalue weighted by atomic mass is 9.63. The Labute approximate surface area is 133 Å². The Balaban J connectivity index is 1.58. The van der Waals surface area contributed by atoms with Gasteiger partial charge in [0.1, 0.15) is 0 Å². The van der Waals surface area contributed by atoms with Gasteiger partial charge < -0.3 is 0 Å². The summed E-state index contributed by atoms with van der Waals surface area (Å²) in [5.41, 5.74) is 1.57. The molecule has 6 atom stereocenters. The number of rotatable bonds is 1. The molecule has 4 heteroatoms. The van der Waals surface area contributed by atoms with Crippen molar-refractivity contribution in [3.63, 3.8) is 0 Å². The van der Waals surface area contributed by atoms with Crippen LogP contribution in [0.25, 0.3) is 0 Å². The van der Waals surface area contributed by atoms with E-state index in [9.17, 15) is 9.59 Å². The number of amides is 2. The lowest BCUT2D eigenvalue weighted by molar-refractivity contribution is -0.124. The van der Waals surface area contributed by atoms with Crippen molar-refractivity contribution in [3.05, 3.63) is 40.9 Å². The highest BCUT2D eigenvalue weighted by Crippen LogP contribution is 2.65. The molecule has 6 rings (SSSR count). The number of imide groups is 1. The van der Waals surface area contributed by atoms with Gasteiger partial charge in [-0.05, 0) is 54.7 Å². The topological polar surface area (TPSA) is 37.4 Å². The van der Waals surface area contributed by atoms with Crippen LogP contribution in [-0.4, -0.2) is 11.8 Å². The van der Waals surface area contributed by atoms with E-state index in [1.807, 2.05) is 19.1 Å². The zero-order valence-corrected chi connectivity index (χ0v) is 13.0. The number of halogens is 1. The molecule has 1 saturated heterocycles. The molecule has 2 amide bonds. The first-order chi connectivity index (χ1) is 10.6. The monoisotopic (exact) mass is 313 g/mol. The number of aryl methyl sites for hydroxylation is 1. The van der Waals surface area contributed by atoms with Gasteiger partial charge in [0.05, 0.1) is 17.5 Å². The fourth-order valence-corrected chi connectivity index (χ4v) is 5.11. The van der Waals surface area contributed by atoms with Crippen LogP contribution in [0.2, 0.25) is 5.02 Å². The average Bonchev–Trinajstić information content (AvgIpc) is 3.28. The Kier molecular flexibility index (Phi) is 2.35. The van der Waals surface area contributed by atoms with Crippen molar-refractivity contribution in [2.45, 2.75) is 13.3 Å². The molecule has 112 valence electrons. The van der Waals surface area contributed by atoms with Crippen LogP contribution < -0.4 is 4.90 Å². The minimum atomic E-state index is -0.147. The van der Waals surface area contributed by atoms with Gasteiger partial charge in [-0.3, -0.25) is 9.59 Å². The van der Waals surface area contributed by atoms with Crippen molar-refractivity contribution in [3.8, 4) is 0 Å². The summed E-state index contributed by atoms with van der Waals surface area (Å²) in [7, 11) is 0. The second-order valence-corrected chi connectivity index (χ2v) is 7.51. The van der Waals surface area contributed by atoms with Crippen LogP contribution in [0, 0.1) is 42.4 Å². The fourth-order valence-electron chi connectivity index (χ4n) is 4.93. The predicted molar refractivity (Wildman–Crippen MR) is 83.4 cm³/mol. The normalized spacial score (nSPS) is 40.9. The molecule has 2 saturated carbocycles. The molecule has 0 aromatic heterocycles. The van der Waals surface area contributed by atoms with Crippen molar-refractivity contribution in [2.24, 2.45) is 35.5 Å². The minimum Gasteiger partial charge on any atom is -0.274 e. The first kappa shape index (κ1) is 12.9. The third-order valence-corrected chi connectivity index (χ3v) is 6.48. The highest BCUT2D eigenvalue weighted by Gasteiger charge is 2.67. The maximum atomic E-state index is 12.9. The van der Waals surface area contributed by atoms with Crippen LogP contribution in [0.5, 0.6) is 0 Å². The maximum Gasteiger partial charge on any atom is 0.238 e. The van der Waals surface area contributed by atoms with Gasteiger partial charge in [-0.15, -0.1) is 0 Å². The van der Waals surface area contributed by atoms with Crippen molar-refractivity contribution in [1.29, 1.82) is 0 Å². The molecule has 0 N–H and O–H groups in total. The largest absolute Gasteiger partial charge is 0.274 e. The number of carbonyl (C=O) groups is 2. The van der Waals surface area contributed by atoms with Crippen LogP contribution in [0.15, 0.2) is 30.4 Å². The predicted octanol–water partition coefficient (Wildman–Crippen LogP) is 3.21. The molecule has 1 heterocycles. The van der Waals surface area contributed by atoms with Crippen LogP contribution in [-0.2, 0) is 9.59 Å². The van der Waals surface area contributed by atoms with Gasteiger partial charge in [-0.1, -0.05) is 29.8 Å². The number of nitrogens with zero attached hydrogens (tertiary/aromatic N) is 1. The summed E-state index contributed by atoms with van der Waals surface area (Å²) in [6, 6.07) is 5.43. The number of hydrogen-bond acceptors (Lipinski definition) is 2. The van der Waals surface area contributed by atoms with E-state index in [2.05, 4.69) is 12.2 Å². The molecule has 22 heavy (non-hydrogen) atoms. The molecular weight excluding hydrogens is 298 g/mol. The van der Waals surface area contributed by atoms with Crippen LogP contribution in [0.3, 0.4) is 0 Å². The van der Waals surface area contributed by atoms with Crippen LogP contribution in [0.4, 0.5) is 5.69 Å². The Morgan fingerprint density at radius 1 is 1.05 bits per heavy atom. The highest BCUT2D eigenvalue weighted by atomic mass is 35.5. The van der Waals surface area contributed by atoms with Crippen molar-refractivity contribution < 1.29 is 9.59 Å². The second-order valence-electron chi connectivity index (χ2n) is 7.10. The molecule has 0 unspecified atom stereocenters. The summed E-state index contributed by atoms with van der Waals surface area (Å²) in [4.78, 5) is 27.2. The molecule has 1 aromatic carbocycles. The third kappa shape index (κ3) is 1.43. The van der Waals surface area contributed by atoms with Gasteiger partial charge in [0.25, 0.3) is 0 Å². The van der Waals surface area contributed by atoms with Gasteiger partial charge >= 0.3 is 0 Å². The van der Waals surface area contributed by atoms with E-state index in [0.29, 0.717) is 22.5 Å². The Hall–Kier alpha value is -1.61. The molecule has 5 aliphatic rings. The highest BCUT2D eigenvalue weighted by molar-refractivity contribution is 6.32. The van der Waals surface area contributed by atoms with Crippen LogP contribution >= 0.6 is 11.6 Å². The maximum absolute atomic E-state index is 12.9. The first-order valence-electron chi connectivity index (χ1n) is 7.90. The Bertz CT molecular complexity index is 719. The molecule has 1 aliphatic heterocycles. The summed E-state index contributed by atoms with van der Waals surface area (Å²) in [6.07, 6.45) is 5.57. The number of benzene rings is 1. The smallest absolute Gasteiger partial charge is 0.238 e. The van der Waals surface area contributed by atoms with Crippen molar-refractivity contribution in [1.82, 2.24) is 0 Å². The quantitative estimate of drug-likeness (QED) is 0.590. The standard InChI is InChI=1S/C18H16ClNO2/c1-8-2-3-9(6-14(8)19)20-17(21)15-10-4-5-11(13-7-12(10)13)16(15)18(20)22/h2-6,10-13,15-16H,7H2,1H3/t10-,11+,12-,13-,15+,16-/m0/s1. The lowest BCUT2D eigenvalue weighted by Crippen LogP contribution is -2.40. The summed E-state index contributed by atoms with van der Waals surface area (Å²) in [6.45, 7) is 1.91. The number of allylic oxidation sites excluding steroid dienone is 2. The zero-order chi connectivity index (χ0) is 15.2. The Morgan fingerprint density at radius 3 is 2.18 bits per heavy atom. The molecule has 3 fully saturated rings. The van der Waals surface area contributed by atoms with Crippen molar-refractivity contribution >= 4 is 29.1 Å². The van der Waals surface area contributed by atoms with Crippen LogP contribution in [0.1, 0.15) is 12.0 Å². The summed E-state index contributed by atoms with van der Waals surface area (Å²) >= 11 is 6.18. The van der Waals surface area contributed by atoms with Gasteiger partial charge in [0, 0.05) is 5.02 Å². The molecule has 1 aromatic rings. The van der Waals surface area contributed by atoms with E-state index >= 15 is 0 Å². The molecule has 4 aliphatic carbocycles. The number of carbonyl (C=O) groups excluding carboxylic acids is 2. The molecule has 0 radical (unpaired) electrons. The fraction of sp³-hybridized carbons (Fsp3) is 0.444. The zero-order valence-electron chi connectivity index (χ0n) is 12.2. The summed E-state index contributed by atoms with van der Waals surface area (Å²) < 4.78 is 0. The second kappa shape index (κ2) is 4.02. The van der Waals surface area contributed by atoms with E-state index < -0.39 is 0 Å². The first-order valence-corrected chi connectivity index (χ1v) is 8.28. The number of anilines is 1. The average molecular weight is 314 g/mol. The van der Waals surface area contributed by atoms with Gasteiger partial charge in [-0.25, -0.2) is 4.90 Å². The molecule has 0 spiro atoms. The van der Waals surface area contributed by atoms with Crippen molar-refractivity contribution in [2.75, 3.05) is 4.90 Å². The van der Waals surface area contributed by atoms with E-state index in [4.69, 9.17) is 11.6 Å². The third-order valence-electron chi connectivity index (χ3n) is 6.08. The van der Waals surface area contributed by atoms with E-state index in [-0.39, 0.29) is 35.5 Å². The van der Waals surface area contributed by atoms with E-state index in [1.54, 1.807) is 6.07 Å². The lowest BCUT2D eigenvalue weighted by Gasteiger charge is -2.37. The van der Waals surface area contributed by atoms with Gasteiger partial charge in [-0.2, -0.15) is 0 Å². The number of hydrogen-bond donors (Lipinski definition) is 0. The van der Waals surface area contributed by atoms with E-state index in [0.717, 1.165) is 5.56 Å². The Morgan fingerprint density at radius 2 is 1.64 bits per heavy atom. The summed E-state index contributed by atoms with van der Waals surface area (Å²) in [5, 5.41) is 0.594. The SMILES string of the molecule is Cc1ccc(N2C(=O)[C@@H]3[C@H]4C=C[C@H]([C@@H]5C[C@@H]45)[C@@H]3C2=O)cc1Cl. The minimum absolute atomic E-state index is 0.0281. The van der Waals surface area contributed by atoms with Gasteiger partial charge in [0.2, 0.25) is 11.8 Å².